The molecule has 0 fully saturated rings. The molecule has 10 N–H and O–H groups in total. The number of rotatable bonds is 18. The minimum absolute atomic E-state index is 0.00116. The van der Waals surface area contributed by atoms with E-state index in [4.69, 9.17) is 20.7 Å². The molecule has 3 rings (SSSR count). The number of benzene rings is 2. The summed E-state index contributed by atoms with van der Waals surface area (Å²) in [4.78, 5) is 59.8. The van der Waals surface area contributed by atoms with Crippen LogP contribution in [-0.4, -0.2) is 81.1 Å². The number of aromatic hydroxyl groups is 1. The smallest absolute Gasteiger partial charge is 0.407 e. The van der Waals surface area contributed by atoms with E-state index >= 15 is 0 Å². The lowest BCUT2D eigenvalue weighted by atomic mass is 9.95. The molecule has 4 amide bonds. The molecule has 0 aliphatic heterocycles. The summed E-state index contributed by atoms with van der Waals surface area (Å²) < 4.78 is 10.9. The van der Waals surface area contributed by atoms with E-state index in [2.05, 4.69) is 36.4 Å². The van der Waals surface area contributed by atoms with Crippen LogP contribution in [0.1, 0.15) is 86.5 Å². The molecule has 3 aromatic rings. The Kier molecular flexibility index (Phi) is 15.4. The van der Waals surface area contributed by atoms with E-state index in [0.717, 1.165) is 5.56 Å². The molecule has 1 heterocycles. The number of ether oxygens (including phenoxy) is 1. The highest BCUT2D eigenvalue weighted by molar-refractivity contribution is 5.91. The molecule has 1 aromatic heterocycles. The summed E-state index contributed by atoms with van der Waals surface area (Å²) in [6.45, 7) is 9.10. The number of carbonyl (C=O) groups excluding carboxylic acids is 3. The van der Waals surface area contributed by atoms with Crippen LogP contribution in [0.15, 0.2) is 52.0 Å². The van der Waals surface area contributed by atoms with Crippen molar-refractivity contribution >= 4 is 30.0 Å². The molecule has 0 spiro atoms. The zero-order valence-electron chi connectivity index (χ0n) is 30.8. The van der Waals surface area contributed by atoms with Gasteiger partial charge in [-0.3, -0.25) is 14.6 Å². The summed E-state index contributed by atoms with van der Waals surface area (Å²) in [5.74, 6) is -1.02. The number of nitrogens with zero attached hydrogens (tertiary/aromatic N) is 3. The average Bonchev–Trinajstić information content (AvgIpc) is 3.52. The van der Waals surface area contributed by atoms with Gasteiger partial charge in [-0.2, -0.15) is 4.98 Å². The first-order valence-electron chi connectivity index (χ1n) is 17.3. The number of aliphatic imine (C=N–C) groups is 1. The number of aryl methyl sites for hydroxylation is 2. The number of phenols is 1. The molecule has 17 heteroatoms. The third-order valence-corrected chi connectivity index (χ3v) is 7.94. The van der Waals surface area contributed by atoms with Gasteiger partial charge in [-0.15, -0.1) is 0 Å². The maximum Gasteiger partial charge on any atom is 0.407 e. The van der Waals surface area contributed by atoms with Crippen molar-refractivity contribution in [2.24, 2.45) is 16.5 Å². The minimum atomic E-state index is -1.45. The second kappa shape index (κ2) is 19.7. The van der Waals surface area contributed by atoms with E-state index in [9.17, 15) is 29.4 Å². The Morgan fingerprint density at radius 2 is 1.60 bits per heavy atom. The summed E-state index contributed by atoms with van der Waals surface area (Å²) >= 11 is 0. The van der Waals surface area contributed by atoms with Crippen molar-refractivity contribution in [3.05, 3.63) is 76.4 Å². The van der Waals surface area contributed by atoms with Gasteiger partial charge in [0, 0.05) is 25.9 Å². The van der Waals surface area contributed by atoms with Crippen molar-refractivity contribution in [2.75, 3.05) is 13.1 Å². The van der Waals surface area contributed by atoms with Gasteiger partial charge in [0.05, 0.1) is 0 Å². The van der Waals surface area contributed by atoms with Crippen molar-refractivity contribution in [2.45, 2.75) is 96.9 Å². The highest BCUT2D eigenvalue weighted by Crippen LogP contribution is 2.24. The number of amides is 4. The topological polar surface area (TPSA) is 269 Å². The van der Waals surface area contributed by atoms with E-state index in [1.165, 1.54) is 0 Å². The van der Waals surface area contributed by atoms with Crippen LogP contribution in [-0.2, 0) is 27.2 Å². The van der Waals surface area contributed by atoms with Crippen molar-refractivity contribution in [3.63, 3.8) is 0 Å². The molecule has 0 aliphatic rings. The van der Waals surface area contributed by atoms with Gasteiger partial charge in [-0.25, -0.2) is 9.59 Å². The Balaban J connectivity index is 1.88. The quantitative estimate of drug-likeness (QED) is 0.0532. The molecule has 0 aliphatic carbocycles. The van der Waals surface area contributed by atoms with E-state index in [0.29, 0.717) is 54.7 Å². The number of nitrogens with one attached hydrogen (secondary N) is 4. The Morgan fingerprint density at radius 3 is 2.23 bits per heavy atom. The normalized spacial score (nSPS) is 12.8. The summed E-state index contributed by atoms with van der Waals surface area (Å²) in [6.07, 6.45) is -0.329. The predicted molar refractivity (Wildman–Crippen MR) is 196 cm³/mol. The number of hydrogen-bond donors (Lipinski definition) is 8. The summed E-state index contributed by atoms with van der Waals surface area (Å²) in [7, 11) is 0. The molecule has 0 saturated carbocycles. The van der Waals surface area contributed by atoms with Crippen LogP contribution >= 0.6 is 0 Å². The lowest BCUT2D eigenvalue weighted by molar-refractivity contribution is -0.130. The van der Waals surface area contributed by atoms with Crippen LogP contribution in [0, 0.1) is 13.8 Å². The summed E-state index contributed by atoms with van der Waals surface area (Å²) in [6, 6.07) is 9.34. The van der Waals surface area contributed by atoms with Gasteiger partial charge in [-0.1, -0.05) is 35.5 Å². The first-order valence-corrected chi connectivity index (χ1v) is 17.3. The third-order valence-electron chi connectivity index (χ3n) is 7.94. The second-order valence-corrected chi connectivity index (χ2v) is 13.6. The Hall–Kier alpha value is -5.87. The Labute approximate surface area is 308 Å². The van der Waals surface area contributed by atoms with Gasteiger partial charge in [-0.05, 0) is 94.7 Å². The maximum atomic E-state index is 14.2. The monoisotopic (exact) mass is 737 g/mol. The molecule has 288 valence electrons. The first kappa shape index (κ1) is 41.5. The van der Waals surface area contributed by atoms with E-state index in [-0.39, 0.29) is 37.0 Å². The number of hydrogen-bond acceptors (Lipinski definition) is 10. The summed E-state index contributed by atoms with van der Waals surface area (Å²) in [5, 5.41) is 34.2. The molecule has 17 nitrogen and oxygen atoms in total. The van der Waals surface area contributed by atoms with E-state index in [1.54, 1.807) is 46.8 Å². The predicted octanol–water partition coefficient (Wildman–Crippen LogP) is 2.86. The number of aromatic nitrogens is 2. The van der Waals surface area contributed by atoms with Crippen LogP contribution in [0.25, 0.3) is 0 Å². The number of phenolic OH excluding ortho intramolecular Hbond substituents is 1. The van der Waals surface area contributed by atoms with Crippen LogP contribution in [0.3, 0.4) is 0 Å². The summed E-state index contributed by atoms with van der Waals surface area (Å²) in [5.41, 5.74) is 13.2. The fourth-order valence-corrected chi connectivity index (χ4v) is 5.49. The lowest BCUT2D eigenvalue weighted by Gasteiger charge is -2.25. The zero-order chi connectivity index (χ0) is 39.1. The molecular weight excluding hydrogens is 686 g/mol. The Bertz CT molecular complexity index is 1700. The number of carbonyl (C=O) groups is 4. The molecule has 0 bridgehead atoms. The van der Waals surface area contributed by atoms with Crippen LogP contribution in [0.5, 0.6) is 5.75 Å². The number of carboxylic acid groups (broad SMARTS) is 1. The molecule has 53 heavy (non-hydrogen) atoms. The lowest BCUT2D eigenvalue weighted by Crippen LogP contribution is -2.55. The van der Waals surface area contributed by atoms with Gasteiger partial charge in [0.1, 0.15) is 29.5 Å². The fraction of sp³-hybridized carbons (Fsp3) is 0.472. The molecule has 3 unspecified atom stereocenters. The van der Waals surface area contributed by atoms with Gasteiger partial charge in [0.2, 0.25) is 17.7 Å². The zero-order valence-corrected chi connectivity index (χ0v) is 30.8. The largest absolute Gasteiger partial charge is 0.508 e. The number of unbranched alkanes of at least 4 members (excludes halogenated alkanes) is 1. The van der Waals surface area contributed by atoms with Crippen LogP contribution < -0.4 is 32.7 Å². The second-order valence-electron chi connectivity index (χ2n) is 13.6. The van der Waals surface area contributed by atoms with Crippen molar-refractivity contribution in [1.29, 1.82) is 0 Å². The van der Waals surface area contributed by atoms with Gasteiger partial charge < -0.3 is 52.2 Å². The number of alkyl carbamates (subject to hydrolysis) is 1. The van der Waals surface area contributed by atoms with Gasteiger partial charge in [0.15, 0.2) is 11.8 Å². The third kappa shape index (κ3) is 14.7. The van der Waals surface area contributed by atoms with Crippen LogP contribution in [0.2, 0.25) is 0 Å². The van der Waals surface area contributed by atoms with Crippen LogP contribution in [0.4, 0.5) is 9.59 Å². The Morgan fingerprint density at radius 1 is 0.943 bits per heavy atom. The highest BCUT2D eigenvalue weighted by Gasteiger charge is 2.31. The van der Waals surface area contributed by atoms with Gasteiger partial charge in [0.25, 0.3) is 0 Å². The molecule has 0 radical (unpaired) electrons. The molecule has 2 aromatic carbocycles. The molecular formula is C36H51N9O8. The van der Waals surface area contributed by atoms with Crippen molar-refractivity contribution in [3.8, 4) is 5.75 Å². The standard InChI is InChI=1S/C36H51N9O8/c1-21-17-24(46)18-22(2)25(21)20-28(42-30(47)26(43-34(49)50)14-16-39-33(37)38)31(48)41-27(13-9-10-15-40-35(51)52-36(3,4)5)32-44-29(45-53-32)19-23-11-7-6-8-12-23/h6-8,11-12,17-18,26-28,43,46H,9-10,13-16,19-20H2,1-5H3,(H,40,51)(H,41,48)(H,42,47)(H,49,50)(H4,37,38,39). The maximum absolute atomic E-state index is 14.2. The fourth-order valence-electron chi connectivity index (χ4n) is 5.49. The highest BCUT2D eigenvalue weighted by atomic mass is 16.6. The van der Waals surface area contributed by atoms with Gasteiger partial charge >= 0.3 is 12.2 Å². The van der Waals surface area contributed by atoms with Crippen molar-refractivity contribution in [1.82, 2.24) is 31.4 Å². The minimum Gasteiger partial charge on any atom is -0.508 e. The number of nitrogens with two attached hydrogens (primary N) is 2. The first-order chi connectivity index (χ1) is 25.0. The SMILES string of the molecule is Cc1cc(O)cc(C)c1CC(NC(=O)C(CCN=C(N)N)NC(=O)O)C(=O)NC(CCCCNC(=O)OC(C)(C)C)c1nc(Cc2ccccc2)no1. The average molecular weight is 738 g/mol. The molecule has 3 atom stereocenters. The molecule has 0 saturated heterocycles. The van der Waals surface area contributed by atoms with E-state index < -0.39 is 47.7 Å². The van der Waals surface area contributed by atoms with Crippen molar-refractivity contribution < 1.29 is 38.7 Å². The number of guanidine groups is 1. The van der Waals surface area contributed by atoms with E-state index in [1.807, 2.05) is 30.3 Å².